The van der Waals surface area contributed by atoms with Crippen LogP contribution in [-0.2, 0) is 16.4 Å². The minimum absolute atomic E-state index is 0.0829. The van der Waals surface area contributed by atoms with Gasteiger partial charge in [-0.3, -0.25) is 0 Å². The van der Waals surface area contributed by atoms with Crippen LogP contribution in [0.5, 0.6) is 0 Å². The summed E-state index contributed by atoms with van der Waals surface area (Å²) in [6, 6.07) is 6.78. The SMILES string of the molecule is CCCC(CCO)CNS(=O)(=O)c1ccc(CCCl)cc1. The lowest BCUT2D eigenvalue weighted by molar-refractivity contribution is 0.251. The molecule has 6 heteroatoms. The average molecular weight is 334 g/mol. The van der Waals surface area contributed by atoms with Gasteiger partial charge in [0.15, 0.2) is 0 Å². The molecule has 2 N–H and O–H groups in total. The van der Waals surface area contributed by atoms with Crippen molar-refractivity contribution in [1.82, 2.24) is 4.72 Å². The lowest BCUT2D eigenvalue weighted by atomic mass is 10.0. The Hall–Kier alpha value is -0.620. The van der Waals surface area contributed by atoms with E-state index in [2.05, 4.69) is 11.6 Å². The largest absolute Gasteiger partial charge is 0.396 e. The summed E-state index contributed by atoms with van der Waals surface area (Å²) >= 11 is 5.66. The van der Waals surface area contributed by atoms with Crippen LogP contribution in [0.1, 0.15) is 31.7 Å². The normalized spacial score (nSPS) is 13.3. The minimum atomic E-state index is -3.49. The van der Waals surface area contributed by atoms with Gasteiger partial charge in [-0.2, -0.15) is 0 Å². The zero-order chi connectivity index (χ0) is 15.7. The highest BCUT2D eigenvalue weighted by atomic mass is 35.5. The molecule has 0 aliphatic heterocycles. The molecule has 1 aromatic carbocycles. The van der Waals surface area contributed by atoms with Crippen molar-refractivity contribution in [1.29, 1.82) is 0 Å². The minimum Gasteiger partial charge on any atom is -0.396 e. The molecule has 0 radical (unpaired) electrons. The number of aryl methyl sites for hydroxylation is 1. The molecular weight excluding hydrogens is 310 g/mol. The van der Waals surface area contributed by atoms with E-state index in [1.165, 1.54) is 0 Å². The number of halogens is 1. The third kappa shape index (κ3) is 6.34. The van der Waals surface area contributed by atoms with Crippen LogP contribution in [0.15, 0.2) is 29.2 Å². The van der Waals surface area contributed by atoms with Gasteiger partial charge in [0.05, 0.1) is 4.90 Å². The van der Waals surface area contributed by atoms with Gasteiger partial charge in [-0.15, -0.1) is 11.6 Å². The highest BCUT2D eigenvalue weighted by molar-refractivity contribution is 7.89. The van der Waals surface area contributed by atoms with Crippen molar-refractivity contribution in [3.63, 3.8) is 0 Å². The summed E-state index contributed by atoms with van der Waals surface area (Å²) < 4.78 is 27.1. The van der Waals surface area contributed by atoms with Crippen molar-refractivity contribution < 1.29 is 13.5 Å². The van der Waals surface area contributed by atoms with E-state index >= 15 is 0 Å². The highest BCUT2D eigenvalue weighted by Crippen LogP contribution is 2.14. The molecule has 0 heterocycles. The molecule has 1 aromatic rings. The zero-order valence-corrected chi connectivity index (χ0v) is 14.0. The molecule has 0 bridgehead atoms. The van der Waals surface area contributed by atoms with Crippen molar-refractivity contribution >= 4 is 21.6 Å². The van der Waals surface area contributed by atoms with Crippen LogP contribution in [-0.4, -0.2) is 32.6 Å². The maximum atomic E-state index is 12.2. The first-order valence-corrected chi connectivity index (χ1v) is 9.30. The summed E-state index contributed by atoms with van der Waals surface area (Å²) in [5, 5.41) is 9.00. The summed E-state index contributed by atoms with van der Waals surface area (Å²) in [7, 11) is -3.49. The van der Waals surface area contributed by atoms with Crippen molar-refractivity contribution in [3.05, 3.63) is 29.8 Å². The van der Waals surface area contributed by atoms with Crippen LogP contribution < -0.4 is 4.72 Å². The maximum absolute atomic E-state index is 12.2. The Morgan fingerprint density at radius 1 is 1.24 bits per heavy atom. The van der Waals surface area contributed by atoms with Gasteiger partial charge >= 0.3 is 0 Å². The molecule has 0 fully saturated rings. The Morgan fingerprint density at radius 2 is 1.90 bits per heavy atom. The van der Waals surface area contributed by atoms with Gasteiger partial charge in [-0.05, 0) is 42.9 Å². The predicted molar refractivity (Wildman–Crippen MR) is 86.2 cm³/mol. The van der Waals surface area contributed by atoms with Crippen molar-refractivity contribution in [2.75, 3.05) is 19.0 Å². The van der Waals surface area contributed by atoms with Gasteiger partial charge in [0.1, 0.15) is 0 Å². The van der Waals surface area contributed by atoms with E-state index in [0.29, 0.717) is 18.8 Å². The number of aliphatic hydroxyl groups excluding tert-OH is 1. The second-order valence-corrected chi connectivity index (χ2v) is 7.25. The second kappa shape index (κ2) is 9.41. The molecule has 1 atom stereocenters. The first kappa shape index (κ1) is 18.4. The van der Waals surface area contributed by atoms with Gasteiger partial charge in [0, 0.05) is 19.0 Å². The quantitative estimate of drug-likeness (QED) is 0.647. The Morgan fingerprint density at radius 3 is 2.43 bits per heavy atom. The predicted octanol–water partition coefficient (Wildman–Crippen LogP) is 2.54. The molecule has 0 saturated carbocycles. The molecule has 1 rings (SSSR count). The number of hydrogen-bond acceptors (Lipinski definition) is 3. The van der Waals surface area contributed by atoms with Crippen molar-refractivity contribution in [2.45, 2.75) is 37.5 Å². The third-order valence-electron chi connectivity index (χ3n) is 3.41. The van der Waals surface area contributed by atoms with Gasteiger partial charge in [0.2, 0.25) is 10.0 Å². The first-order valence-electron chi connectivity index (χ1n) is 7.29. The molecule has 0 amide bonds. The summed E-state index contributed by atoms with van der Waals surface area (Å²) in [4.78, 5) is 0.264. The molecule has 0 saturated heterocycles. The molecule has 120 valence electrons. The van der Waals surface area contributed by atoms with E-state index in [1.54, 1.807) is 24.3 Å². The smallest absolute Gasteiger partial charge is 0.240 e. The first-order chi connectivity index (χ1) is 10.0. The molecule has 0 spiro atoms. The van der Waals surface area contributed by atoms with E-state index in [9.17, 15) is 8.42 Å². The third-order valence-corrected chi connectivity index (χ3v) is 5.04. The van der Waals surface area contributed by atoms with Crippen molar-refractivity contribution in [3.8, 4) is 0 Å². The fourth-order valence-electron chi connectivity index (χ4n) is 2.19. The molecule has 0 aromatic heterocycles. The Labute approximate surface area is 132 Å². The summed E-state index contributed by atoms with van der Waals surface area (Å²) in [6.07, 6.45) is 3.21. The van der Waals surface area contributed by atoms with Gasteiger partial charge < -0.3 is 5.11 Å². The van der Waals surface area contributed by atoms with Crippen LogP contribution in [0.25, 0.3) is 0 Å². The number of benzene rings is 1. The van der Waals surface area contributed by atoms with E-state index < -0.39 is 10.0 Å². The number of nitrogens with one attached hydrogen (secondary N) is 1. The van der Waals surface area contributed by atoms with Crippen LogP contribution in [0, 0.1) is 5.92 Å². The van der Waals surface area contributed by atoms with Crippen molar-refractivity contribution in [2.24, 2.45) is 5.92 Å². The monoisotopic (exact) mass is 333 g/mol. The molecular formula is C15H24ClNO3S. The average Bonchev–Trinajstić information content (AvgIpc) is 2.46. The zero-order valence-electron chi connectivity index (χ0n) is 12.4. The topological polar surface area (TPSA) is 66.4 Å². The molecule has 1 unspecified atom stereocenters. The summed E-state index contributed by atoms with van der Waals surface area (Å²) in [5.74, 6) is 0.690. The summed E-state index contributed by atoms with van der Waals surface area (Å²) in [6.45, 7) is 2.49. The number of sulfonamides is 1. The summed E-state index contributed by atoms with van der Waals surface area (Å²) in [5.41, 5.74) is 1.02. The lowest BCUT2D eigenvalue weighted by Crippen LogP contribution is -2.30. The maximum Gasteiger partial charge on any atom is 0.240 e. The van der Waals surface area contributed by atoms with Crippen LogP contribution >= 0.6 is 11.6 Å². The van der Waals surface area contributed by atoms with Crippen LogP contribution in [0.2, 0.25) is 0 Å². The van der Waals surface area contributed by atoms with E-state index in [0.717, 1.165) is 24.8 Å². The lowest BCUT2D eigenvalue weighted by Gasteiger charge is -2.16. The second-order valence-electron chi connectivity index (χ2n) is 5.10. The molecule has 21 heavy (non-hydrogen) atoms. The Kier molecular flexibility index (Phi) is 8.26. The number of rotatable bonds is 10. The van der Waals surface area contributed by atoms with Crippen LogP contribution in [0.4, 0.5) is 0 Å². The standard InChI is InChI=1S/C15H24ClNO3S/c1-2-3-14(9-11-18)12-17-21(19,20)15-6-4-13(5-7-15)8-10-16/h4-7,14,17-18H,2-3,8-12H2,1H3. The molecule has 0 aliphatic rings. The molecule has 0 aliphatic carbocycles. The van der Waals surface area contributed by atoms with Gasteiger partial charge in [-0.1, -0.05) is 25.5 Å². The number of hydrogen-bond donors (Lipinski definition) is 2. The molecule has 4 nitrogen and oxygen atoms in total. The van der Waals surface area contributed by atoms with E-state index in [-0.39, 0.29) is 17.4 Å². The van der Waals surface area contributed by atoms with E-state index in [1.807, 2.05) is 0 Å². The van der Waals surface area contributed by atoms with E-state index in [4.69, 9.17) is 16.7 Å². The fourth-order valence-corrected chi connectivity index (χ4v) is 3.53. The number of alkyl halides is 1. The van der Waals surface area contributed by atoms with Gasteiger partial charge in [-0.25, -0.2) is 13.1 Å². The number of aliphatic hydroxyl groups is 1. The highest BCUT2D eigenvalue weighted by Gasteiger charge is 2.16. The Bertz CT molecular complexity index is 496. The van der Waals surface area contributed by atoms with Gasteiger partial charge in [0.25, 0.3) is 0 Å². The Balaban J connectivity index is 2.67. The fraction of sp³-hybridized carbons (Fsp3) is 0.600. The van der Waals surface area contributed by atoms with Crippen LogP contribution in [0.3, 0.4) is 0 Å².